The fraction of sp³-hybridized carbons (Fsp3) is 0.450. The van der Waals surface area contributed by atoms with Crippen molar-refractivity contribution >= 4 is 33.4 Å². The molecule has 3 aromatic heterocycles. The van der Waals surface area contributed by atoms with Gasteiger partial charge in [0.1, 0.15) is 0 Å². The summed E-state index contributed by atoms with van der Waals surface area (Å²) in [4.78, 5) is 28.5. The molecular formula is C20H24N6O2S. The van der Waals surface area contributed by atoms with Gasteiger partial charge >= 0.3 is 0 Å². The molecule has 2 aliphatic rings. The van der Waals surface area contributed by atoms with Crippen molar-refractivity contribution < 1.29 is 9.53 Å². The van der Waals surface area contributed by atoms with Gasteiger partial charge in [0, 0.05) is 31.9 Å². The molecule has 0 aliphatic carbocycles. The molecule has 1 amide bonds. The summed E-state index contributed by atoms with van der Waals surface area (Å²) in [7, 11) is 0. The van der Waals surface area contributed by atoms with Gasteiger partial charge in [0.05, 0.1) is 34.2 Å². The highest BCUT2D eigenvalue weighted by atomic mass is 32.1. The number of H-pyrrole nitrogens is 1. The van der Waals surface area contributed by atoms with Gasteiger partial charge in [-0.3, -0.25) is 4.79 Å². The number of imidazole rings is 1. The molecule has 152 valence electrons. The quantitative estimate of drug-likeness (QED) is 0.607. The molecule has 1 unspecified atom stereocenters. The van der Waals surface area contributed by atoms with Gasteiger partial charge in [-0.05, 0) is 37.6 Å². The fourth-order valence-corrected chi connectivity index (χ4v) is 4.87. The van der Waals surface area contributed by atoms with Crippen molar-refractivity contribution in [3.8, 4) is 10.7 Å². The number of aromatic amines is 1. The maximum atomic E-state index is 12.9. The van der Waals surface area contributed by atoms with Crippen LogP contribution in [0.25, 0.3) is 21.9 Å². The van der Waals surface area contributed by atoms with Crippen LogP contribution in [0.2, 0.25) is 0 Å². The van der Waals surface area contributed by atoms with E-state index >= 15 is 0 Å². The maximum Gasteiger partial charge on any atom is 0.253 e. The summed E-state index contributed by atoms with van der Waals surface area (Å²) in [6.07, 6.45) is 3.73. The van der Waals surface area contributed by atoms with E-state index in [2.05, 4.69) is 42.6 Å². The lowest BCUT2D eigenvalue weighted by atomic mass is 10.1. The topological polar surface area (TPSA) is 95.2 Å². The molecule has 0 saturated carbocycles. The van der Waals surface area contributed by atoms with E-state index in [0.29, 0.717) is 16.7 Å². The van der Waals surface area contributed by atoms with Crippen LogP contribution in [0.4, 0.5) is 5.00 Å². The first-order valence-corrected chi connectivity index (χ1v) is 10.9. The Balaban J connectivity index is 1.40. The van der Waals surface area contributed by atoms with Crippen LogP contribution in [0, 0.1) is 0 Å². The van der Waals surface area contributed by atoms with Gasteiger partial charge in [0.25, 0.3) is 5.91 Å². The molecular weight excluding hydrogens is 388 g/mol. The van der Waals surface area contributed by atoms with Gasteiger partial charge in [-0.25, -0.2) is 9.97 Å². The molecule has 29 heavy (non-hydrogen) atoms. The first-order chi connectivity index (χ1) is 14.3. The number of piperidine rings is 1. The zero-order valence-corrected chi connectivity index (χ0v) is 16.9. The molecule has 5 rings (SSSR count). The molecule has 0 radical (unpaired) electrons. The summed E-state index contributed by atoms with van der Waals surface area (Å²) >= 11 is 1.69. The number of carbonyl (C=O) groups excluding carboxylic acids is 1. The second-order valence-corrected chi connectivity index (χ2v) is 8.46. The van der Waals surface area contributed by atoms with E-state index < -0.39 is 0 Å². The zero-order valence-electron chi connectivity index (χ0n) is 16.1. The third-order valence-corrected chi connectivity index (χ3v) is 6.57. The molecule has 5 heterocycles. The van der Waals surface area contributed by atoms with Crippen LogP contribution in [-0.4, -0.2) is 66.3 Å². The number of fused-ring (bicyclic) bond motifs is 1. The van der Waals surface area contributed by atoms with Crippen molar-refractivity contribution in [2.45, 2.75) is 18.9 Å². The minimum atomic E-state index is -0.0820. The summed E-state index contributed by atoms with van der Waals surface area (Å²) in [5, 5.41) is 7.66. The number of hydrogen-bond acceptors (Lipinski definition) is 7. The number of nitrogens with one attached hydrogen (secondary N) is 3. The second-order valence-electron chi connectivity index (χ2n) is 7.40. The van der Waals surface area contributed by atoms with E-state index in [9.17, 15) is 4.79 Å². The molecule has 0 bridgehead atoms. The summed E-state index contributed by atoms with van der Waals surface area (Å²) < 4.78 is 5.44. The SMILES string of the molecule is O=C(NC1CCCNC1)c1ccnc2nc(-c3ccc(N4CCOCC4)s3)[nH]c12. The Morgan fingerprint density at radius 3 is 3.00 bits per heavy atom. The van der Waals surface area contributed by atoms with Gasteiger partial charge in [0.15, 0.2) is 11.5 Å². The Hall–Kier alpha value is -2.49. The lowest BCUT2D eigenvalue weighted by Crippen LogP contribution is -2.45. The van der Waals surface area contributed by atoms with Crippen molar-refractivity contribution in [3.05, 3.63) is 30.0 Å². The fourth-order valence-electron chi connectivity index (χ4n) is 3.86. The Kier molecular flexibility index (Phi) is 5.17. The number of anilines is 1. The van der Waals surface area contributed by atoms with Crippen LogP contribution in [-0.2, 0) is 4.74 Å². The predicted octanol–water partition coefficient (Wildman–Crippen LogP) is 2.00. The smallest absolute Gasteiger partial charge is 0.253 e. The van der Waals surface area contributed by atoms with Gasteiger partial charge in [-0.2, -0.15) is 0 Å². The largest absolute Gasteiger partial charge is 0.378 e. The Morgan fingerprint density at radius 1 is 1.28 bits per heavy atom. The molecule has 3 N–H and O–H groups in total. The summed E-state index contributed by atoms with van der Waals surface area (Å²) in [5.74, 6) is 0.665. The summed E-state index contributed by atoms with van der Waals surface area (Å²) in [6, 6.07) is 6.11. The number of aromatic nitrogens is 3. The van der Waals surface area contributed by atoms with Crippen molar-refractivity contribution in [2.24, 2.45) is 0 Å². The molecule has 2 aliphatic heterocycles. The van der Waals surface area contributed by atoms with Crippen molar-refractivity contribution in [3.63, 3.8) is 0 Å². The van der Waals surface area contributed by atoms with Crippen molar-refractivity contribution in [1.29, 1.82) is 0 Å². The van der Waals surface area contributed by atoms with Crippen molar-refractivity contribution in [2.75, 3.05) is 44.3 Å². The molecule has 8 nitrogen and oxygen atoms in total. The number of hydrogen-bond donors (Lipinski definition) is 3. The first kappa shape index (κ1) is 18.5. The average molecular weight is 413 g/mol. The monoisotopic (exact) mass is 412 g/mol. The van der Waals surface area contributed by atoms with E-state index in [1.54, 1.807) is 23.6 Å². The molecule has 3 aromatic rings. The molecule has 0 aromatic carbocycles. The lowest BCUT2D eigenvalue weighted by Gasteiger charge is -2.27. The third kappa shape index (κ3) is 3.85. The van der Waals surface area contributed by atoms with Crippen LogP contribution in [0.15, 0.2) is 24.4 Å². The summed E-state index contributed by atoms with van der Waals surface area (Å²) in [6.45, 7) is 5.16. The number of nitrogens with zero attached hydrogens (tertiary/aromatic N) is 3. The number of carbonyl (C=O) groups is 1. The van der Waals surface area contributed by atoms with Gasteiger partial charge in [0.2, 0.25) is 0 Å². The first-order valence-electron chi connectivity index (χ1n) is 10.1. The van der Waals surface area contributed by atoms with Crippen molar-refractivity contribution in [1.82, 2.24) is 25.6 Å². The maximum absolute atomic E-state index is 12.9. The Labute approximate surface area is 172 Å². The number of rotatable bonds is 4. The highest BCUT2D eigenvalue weighted by Crippen LogP contribution is 2.33. The lowest BCUT2D eigenvalue weighted by molar-refractivity contribution is 0.0932. The minimum absolute atomic E-state index is 0.0820. The van der Waals surface area contributed by atoms with Crippen LogP contribution in [0.5, 0.6) is 0 Å². The van der Waals surface area contributed by atoms with Crippen LogP contribution < -0.4 is 15.5 Å². The third-order valence-electron chi connectivity index (χ3n) is 5.42. The zero-order chi connectivity index (χ0) is 19.6. The molecule has 9 heteroatoms. The highest BCUT2D eigenvalue weighted by molar-refractivity contribution is 7.19. The average Bonchev–Trinajstić information content (AvgIpc) is 3.42. The van der Waals surface area contributed by atoms with Crippen LogP contribution in [0.1, 0.15) is 23.2 Å². The predicted molar refractivity (Wildman–Crippen MR) is 114 cm³/mol. The van der Waals surface area contributed by atoms with Gasteiger partial charge < -0.3 is 25.3 Å². The number of morpholine rings is 1. The van der Waals surface area contributed by atoms with E-state index in [1.807, 2.05) is 0 Å². The van der Waals surface area contributed by atoms with Crippen LogP contribution in [0.3, 0.4) is 0 Å². The van der Waals surface area contributed by atoms with Crippen LogP contribution >= 0.6 is 11.3 Å². The standard InChI is InChI=1S/C20H24N6O2S/c27-20(23-13-2-1-6-21-12-13)14-5-7-22-19-17(14)24-18(25-19)15-3-4-16(29-15)26-8-10-28-11-9-26/h3-5,7,13,21H,1-2,6,8-12H2,(H,23,27)(H,22,24,25). The van der Waals surface area contributed by atoms with E-state index in [1.165, 1.54) is 5.00 Å². The van der Waals surface area contributed by atoms with E-state index in [-0.39, 0.29) is 11.9 Å². The number of thiophene rings is 1. The summed E-state index contributed by atoms with van der Waals surface area (Å²) in [5.41, 5.74) is 1.84. The van der Waals surface area contributed by atoms with Gasteiger partial charge in [-0.15, -0.1) is 11.3 Å². The number of amides is 1. The number of pyridine rings is 1. The highest BCUT2D eigenvalue weighted by Gasteiger charge is 2.21. The molecule has 2 saturated heterocycles. The normalized spacial score (nSPS) is 20.1. The minimum Gasteiger partial charge on any atom is -0.378 e. The number of ether oxygens (including phenoxy) is 1. The molecule has 0 spiro atoms. The second kappa shape index (κ2) is 8.10. The van der Waals surface area contributed by atoms with E-state index in [0.717, 1.165) is 62.9 Å². The van der Waals surface area contributed by atoms with Gasteiger partial charge in [-0.1, -0.05) is 0 Å². The van der Waals surface area contributed by atoms with E-state index in [4.69, 9.17) is 4.74 Å². The Bertz CT molecular complexity index is 1000. The molecule has 1 atom stereocenters. The Morgan fingerprint density at radius 2 is 2.17 bits per heavy atom. The molecule has 2 fully saturated rings.